The van der Waals surface area contributed by atoms with Crippen LogP contribution in [0, 0.1) is 94.7 Å². The highest BCUT2D eigenvalue weighted by atomic mass is 19.1. The van der Waals surface area contributed by atoms with E-state index in [2.05, 4.69) is 377 Å². The zero-order valence-electron chi connectivity index (χ0n) is 74.7. The fourth-order valence-electron chi connectivity index (χ4n) is 17.2. The monoisotopic (exact) mass is 1540 g/mol. The van der Waals surface area contributed by atoms with Crippen molar-refractivity contribution in [3.63, 3.8) is 0 Å². The number of halogens is 2. The maximum absolute atomic E-state index is 14.7. The minimum atomic E-state index is -0.0352. The topological polar surface area (TPSA) is 19.4 Å². The van der Waals surface area contributed by atoms with Crippen LogP contribution in [0.3, 0.4) is 0 Å². The van der Waals surface area contributed by atoms with E-state index in [-0.39, 0.29) is 11.6 Å². The van der Waals surface area contributed by atoms with Gasteiger partial charge >= 0.3 is 0 Å². The minimum absolute atomic E-state index is 0.0344. The summed E-state index contributed by atoms with van der Waals surface area (Å²) in [6, 6.07) is 75.0. The van der Waals surface area contributed by atoms with Gasteiger partial charge in [0.15, 0.2) is 0 Å². The molecule has 0 atom stereocenters. The molecule has 7 heteroatoms. The number of hydrogen-bond acceptors (Lipinski definition) is 0. The van der Waals surface area contributed by atoms with E-state index in [0.717, 1.165) is 44.1 Å². The van der Waals surface area contributed by atoms with E-state index in [9.17, 15) is 8.78 Å². The van der Waals surface area contributed by atoms with Gasteiger partial charge in [-0.3, -0.25) is 0 Å². The number of benzene rings is 10. The third kappa shape index (κ3) is 17.7. The van der Waals surface area contributed by atoms with Crippen LogP contribution in [0.5, 0.6) is 0 Å². The van der Waals surface area contributed by atoms with Crippen LogP contribution in [0.4, 0.5) is 8.78 Å². The van der Waals surface area contributed by atoms with Gasteiger partial charge in [-0.15, -0.1) is 0 Å². The Labute approximate surface area is 692 Å². The van der Waals surface area contributed by atoms with E-state index in [1.807, 2.05) is 39.8 Å². The molecule has 0 radical (unpaired) electrons. The summed E-state index contributed by atoms with van der Waals surface area (Å²) in [5.74, 6) is 1.55. The van der Waals surface area contributed by atoms with E-state index in [1.165, 1.54) is 172 Å². The van der Waals surface area contributed by atoms with Gasteiger partial charge in [0.1, 0.15) is 46.9 Å². The minimum Gasteiger partial charge on any atom is -0.206 e. The van der Waals surface area contributed by atoms with Gasteiger partial charge < -0.3 is 0 Å². The molecule has 0 aliphatic rings. The standard InChI is InChI=1S/C23H27FN.C22H25FN.C22H26N.2C21H24N/c1-7-17-13-22-19(18(8-2)23(17)24)9-10-21(25(22)6)20-12-14(3)11-15(4)16(20)5;1-6-16-13-21-18(17(7-2)22(16)23)10-11-20(24(21)5)19-12-14(3)8-9-15(19)4;1-14(2)18-8-7-9-21-19(18)10-11-22(23(21)6)20-13-15(3)12-16(4)17(20)5;1-14(2)18-9-8-17-10-11-20(22(5)21(17)13-18)19-12-15(3)6-7-16(19)4;1-14(2)17-7-6-8-20-18(17)11-12-21(22(20)5)19-13-15(3)9-10-16(19)4/h9-13H,7-8H2,1-6H3;8-13H,6-7H2,1-5H3;7-14H,1-6H3;2*6-14H,1-5H3/q5*+1. The summed E-state index contributed by atoms with van der Waals surface area (Å²) in [6.07, 6.45) is 2.83. The van der Waals surface area contributed by atoms with Gasteiger partial charge in [-0.25, -0.2) is 8.78 Å². The average Bonchev–Trinajstić information content (AvgIpc) is 0.759. The summed E-state index contributed by atoms with van der Waals surface area (Å²) in [4.78, 5) is 0. The Morgan fingerprint density at radius 2 is 0.586 bits per heavy atom. The molecule has 15 aromatic rings. The fourth-order valence-corrected chi connectivity index (χ4v) is 17.2. The average molecular weight is 1540 g/mol. The van der Waals surface area contributed by atoms with Crippen LogP contribution >= 0.6 is 0 Å². The lowest BCUT2D eigenvalue weighted by Gasteiger charge is -2.13. The summed E-state index contributed by atoms with van der Waals surface area (Å²) in [5.41, 5.74) is 41.9. The second-order valence-corrected chi connectivity index (χ2v) is 33.6. The van der Waals surface area contributed by atoms with Crippen LogP contribution in [0.25, 0.3) is 111 Å². The van der Waals surface area contributed by atoms with Crippen LogP contribution in [0.1, 0.15) is 193 Å². The lowest BCUT2D eigenvalue weighted by molar-refractivity contribution is -0.633. The molecule has 0 spiro atoms. The quantitative estimate of drug-likeness (QED) is 0.109. The first-order valence-electron chi connectivity index (χ1n) is 42.1. The summed E-state index contributed by atoms with van der Waals surface area (Å²) in [7, 11) is 10.7. The highest BCUT2D eigenvalue weighted by Crippen LogP contribution is 2.36. The molecule has 0 amide bonds. The molecule has 0 bridgehead atoms. The molecule has 596 valence electrons. The Hall–Kier alpha value is -10.9. The van der Waals surface area contributed by atoms with Crippen molar-refractivity contribution in [3.8, 4) is 56.3 Å². The molecule has 10 aromatic carbocycles. The largest absolute Gasteiger partial charge is 0.213 e. The summed E-state index contributed by atoms with van der Waals surface area (Å²) >= 11 is 0. The molecule has 0 aliphatic carbocycles. The number of aromatic nitrogens is 5. The second kappa shape index (κ2) is 36.5. The van der Waals surface area contributed by atoms with Gasteiger partial charge in [-0.05, 0) is 260 Å². The van der Waals surface area contributed by atoms with E-state index < -0.39 is 0 Å². The van der Waals surface area contributed by atoms with Crippen molar-refractivity contribution in [3.05, 3.63) is 324 Å². The number of nitrogens with zero attached hydrogens (tertiary/aromatic N) is 5. The summed E-state index contributed by atoms with van der Waals surface area (Å²) in [5, 5.41) is 6.04. The van der Waals surface area contributed by atoms with E-state index >= 15 is 0 Å². The van der Waals surface area contributed by atoms with Gasteiger partial charge in [0.05, 0.1) is 10.8 Å². The van der Waals surface area contributed by atoms with Gasteiger partial charge in [-0.2, -0.15) is 22.8 Å². The molecule has 5 heterocycles. The molecule has 0 aliphatic heterocycles. The van der Waals surface area contributed by atoms with E-state index in [0.29, 0.717) is 43.4 Å². The SMILES string of the molecule is CCc1cc2c(ccc(-c3cc(C)cc(C)c3C)[n+]2C)c(CC)c1F.CCc1cc2c(ccc(-c3cc(C)ccc3C)[n+]2C)c(CC)c1F.Cc1cc(C)c(C)c(-c2ccc3c(C(C)C)cccc3[n+]2C)c1.Cc1ccc(C)c(-c2ccc3c(C(C)C)cccc3[n+]2C)c1.Cc1ccc(C)c(-c2ccc3ccc(C(C)C)cc3[n+]2C)c1. The number of rotatable bonds is 12. The maximum Gasteiger partial charge on any atom is 0.213 e. The highest BCUT2D eigenvalue weighted by molar-refractivity contribution is 5.87. The molecule has 15 rings (SSSR count). The molecular weight excluding hydrogens is 1420 g/mol. The van der Waals surface area contributed by atoms with E-state index in [1.54, 1.807) is 0 Å². The van der Waals surface area contributed by atoms with Crippen molar-refractivity contribution in [1.82, 2.24) is 0 Å². The van der Waals surface area contributed by atoms with Crippen molar-refractivity contribution >= 4 is 54.5 Å². The van der Waals surface area contributed by atoms with E-state index in [4.69, 9.17) is 0 Å². The third-order valence-electron chi connectivity index (χ3n) is 24.4. The molecule has 5 nitrogen and oxygen atoms in total. The van der Waals surface area contributed by atoms with Crippen LogP contribution in [-0.2, 0) is 60.9 Å². The first-order valence-corrected chi connectivity index (χ1v) is 42.1. The van der Waals surface area contributed by atoms with Crippen molar-refractivity contribution < 1.29 is 31.6 Å². The van der Waals surface area contributed by atoms with Gasteiger partial charge in [0, 0.05) is 116 Å². The number of aryl methyl sites for hydroxylation is 19. The van der Waals surface area contributed by atoms with Crippen LogP contribution in [0.2, 0.25) is 0 Å². The summed E-state index contributed by atoms with van der Waals surface area (Å²) in [6.45, 7) is 47.6. The van der Waals surface area contributed by atoms with Gasteiger partial charge in [0.25, 0.3) is 0 Å². The lowest BCUT2D eigenvalue weighted by Crippen LogP contribution is -2.32. The Morgan fingerprint density at radius 3 is 0.931 bits per heavy atom. The maximum atomic E-state index is 14.7. The van der Waals surface area contributed by atoms with Crippen LogP contribution in [0.15, 0.2) is 206 Å². The first kappa shape index (κ1) is 86.0. The smallest absolute Gasteiger partial charge is 0.206 e. The normalized spacial score (nSPS) is 11.3. The predicted molar refractivity (Wildman–Crippen MR) is 489 cm³/mol. The molecule has 0 saturated carbocycles. The number of hydrogen-bond donors (Lipinski definition) is 0. The highest BCUT2D eigenvalue weighted by Gasteiger charge is 2.27. The Balaban J connectivity index is 0.000000143. The molecule has 0 unspecified atom stereocenters. The van der Waals surface area contributed by atoms with Crippen LogP contribution < -0.4 is 22.8 Å². The predicted octanol–water partition coefficient (Wildman–Crippen LogP) is 26.3. The molecule has 0 fully saturated rings. The zero-order valence-corrected chi connectivity index (χ0v) is 74.7. The summed E-state index contributed by atoms with van der Waals surface area (Å²) < 4.78 is 40.8. The Kier molecular flexibility index (Phi) is 27.1. The number of pyridine rings is 5. The van der Waals surface area contributed by atoms with Crippen molar-refractivity contribution in [1.29, 1.82) is 0 Å². The number of fused-ring (bicyclic) bond motifs is 5. The third-order valence-corrected chi connectivity index (χ3v) is 24.4. The Bertz CT molecular complexity index is 6160. The fraction of sp³-hybridized carbons (Fsp3) is 0.312. The van der Waals surface area contributed by atoms with Crippen molar-refractivity contribution in [2.75, 3.05) is 0 Å². The first-order chi connectivity index (χ1) is 55.2. The van der Waals surface area contributed by atoms with Gasteiger partial charge in [0.2, 0.25) is 56.1 Å². The molecule has 5 aromatic heterocycles. The van der Waals surface area contributed by atoms with Crippen molar-refractivity contribution in [2.24, 2.45) is 35.2 Å². The lowest BCUT2D eigenvalue weighted by atomic mass is 9.95. The molecule has 0 saturated heterocycles. The second-order valence-electron chi connectivity index (χ2n) is 33.6. The zero-order chi connectivity index (χ0) is 84.2. The Morgan fingerprint density at radius 1 is 0.267 bits per heavy atom. The van der Waals surface area contributed by atoms with Gasteiger partial charge in [-0.1, -0.05) is 176 Å². The van der Waals surface area contributed by atoms with Crippen molar-refractivity contribution in [2.45, 2.75) is 196 Å². The molecular formula is C109H126F2N5+5. The molecule has 116 heavy (non-hydrogen) atoms. The molecule has 0 N–H and O–H groups in total. The van der Waals surface area contributed by atoms with Crippen LogP contribution in [-0.4, -0.2) is 0 Å².